The maximum Gasteiger partial charge on any atom is 0.224 e. The van der Waals surface area contributed by atoms with Crippen LogP contribution in [0.25, 0.3) is 0 Å². The molecule has 0 aliphatic carbocycles. The summed E-state index contributed by atoms with van der Waals surface area (Å²) >= 11 is 0. The number of para-hydroxylation sites is 2. The molecule has 0 heterocycles. The fourth-order valence-electron chi connectivity index (χ4n) is 2.33. The highest BCUT2D eigenvalue weighted by Gasteiger charge is 2.09. The number of benzene rings is 2. The smallest absolute Gasteiger partial charge is 0.224 e. The van der Waals surface area contributed by atoms with Crippen LogP contribution in [-0.4, -0.2) is 19.1 Å². The van der Waals surface area contributed by atoms with Crippen LogP contribution in [0.1, 0.15) is 25.8 Å². The fourth-order valence-corrected chi connectivity index (χ4v) is 2.33. The molecule has 0 spiro atoms. The van der Waals surface area contributed by atoms with Gasteiger partial charge in [-0.25, -0.2) is 0 Å². The van der Waals surface area contributed by atoms with Crippen molar-refractivity contribution in [1.82, 2.24) is 0 Å². The number of nitrogens with two attached hydrogens (primary N) is 1. The van der Waals surface area contributed by atoms with Crippen molar-refractivity contribution in [2.75, 3.05) is 18.2 Å². The number of rotatable bonds is 7. The Morgan fingerprint density at radius 3 is 2.58 bits per heavy atom. The van der Waals surface area contributed by atoms with Crippen molar-refractivity contribution >= 4 is 17.3 Å². The second-order valence-corrected chi connectivity index (χ2v) is 5.79. The van der Waals surface area contributed by atoms with Crippen molar-refractivity contribution in [3.8, 4) is 11.5 Å². The van der Waals surface area contributed by atoms with E-state index in [1.165, 1.54) is 0 Å². The number of anilines is 2. The Morgan fingerprint density at radius 2 is 1.92 bits per heavy atom. The van der Waals surface area contributed by atoms with Gasteiger partial charge in [-0.2, -0.15) is 0 Å². The Labute approximate surface area is 142 Å². The van der Waals surface area contributed by atoms with Crippen LogP contribution in [0, 0.1) is 0 Å². The van der Waals surface area contributed by atoms with E-state index in [4.69, 9.17) is 15.2 Å². The van der Waals surface area contributed by atoms with Crippen LogP contribution >= 0.6 is 0 Å². The molecular formula is C19H24N2O3. The van der Waals surface area contributed by atoms with E-state index in [1.807, 2.05) is 56.3 Å². The number of carbonyl (C=O) groups is 1. The summed E-state index contributed by atoms with van der Waals surface area (Å²) in [6.07, 6.45) is 1.04. The first-order chi connectivity index (χ1) is 11.5. The predicted molar refractivity (Wildman–Crippen MR) is 96.6 cm³/mol. The Bertz CT molecular complexity index is 699. The molecule has 128 valence electrons. The molecule has 0 bridgehead atoms. The molecule has 0 fully saturated rings. The van der Waals surface area contributed by atoms with Crippen molar-refractivity contribution < 1.29 is 14.3 Å². The normalized spacial score (nSPS) is 10.5. The van der Waals surface area contributed by atoms with Crippen molar-refractivity contribution in [2.45, 2.75) is 32.8 Å². The van der Waals surface area contributed by atoms with E-state index >= 15 is 0 Å². The van der Waals surface area contributed by atoms with Crippen LogP contribution in [0.5, 0.6) is 11.5 Å². The van der Waals surface area contributed by atoms with Crippen LogP contribution in [0.15, 0.2) is 42.5 Å². The van der Waals surface area contributed by atoms with Gasteiger partial charge >= 0.3 is 0 Å². The molecule has 0 saturated heterocycles. The fraction of sp³-hybridized carbons (Fsp3) is 0.316. The van der Waals surface area contributed by atoms with E-state index < -0.39 is 0 Å². The van der Waals surface area contributed by atoms with Crippen molar-refractivity contribution in [1.29, 1.82) is 0 Å². The Hall–Kier alpha value is -2.69. The second-order valence-electron chi connectivity index (χ2n) is 5.79. The van der Waals surface area contributed by atoms with E-state index in [9.17, 15) is 4.79 Å². The van der Waals surface area contributed by atoms with Crippen LogP contribution < -0.4 is 20.5 Å². The van der Waals surface area contributed by atoms with Gasteiger partial charge in [0.2, 0.25) is 5.91 Å². The summed E-state index contributed by atoms with van der Waals surface area (Å²) in [5, 5.41) is 2.86. The minimum Gasteiger partial charge on any atom is -0.495 e. The minimum absolute atomic E-state index is 0.0689. The number of hydrogen-bond acceptors (Lipinski definition) is 4. The lowest BCUT2D eigenvalue weighted by atomic mass is 10.1. The van der Waals surface area contributed by atoms with Gasteiger partial charge in [0.1, 0.15) is 11.5 Å². The highest BCUT2D eigenvalue weighted by atomic mass is 16.5. The van der Waals surface area contributed by atoms with Gasteiger partial charge in [-0.3, -0.25) is 4.79 Å². The molecule has 0 aliphatic rings. The third-order valence-corrected chi connectivity index (χ3v) is 3.46. The van der Waals surface area contributed by atoms with Gasteiger partial charge in [-0.05, 0) is 50.1 Å². The number of aryl methyl sites for hydroxylation is 1. The first kappa shape index (κ1) is 17.7. The molecule has 0 atom stereocenters. The van der Waals surface area contributed by atoms with E-state index in [-0.39, 0.29) is 12.0 Å². The predicted octanol–water partition coefficient (Wildman–Crippen LogP) is 3.64. The van der Waals surface area contributed by atoms with Crippen molar-refractivity contribution in [2.24, 2.45) is 0 Å². The molecule has 0 saturated carbocycles. The molecule has 0 unspecified atom stereocenters. The first-order valence-corrected chi connectivity index (χ1v) is 7.97. The van der Waals surface area contributed by atoms with E-state index in [2.05, 4.69) is 5.32 Å². The Kier molecular flexibility index (Phi) is 6.07. The summed E-state index contributed by atoms with van der Waals surface area (Å²) in [5.41, 5.74) is 8.25. The molecule has 3 N–H and O–H groups in total. The molecule has 0 radical (unpaired) electrons. The first-order valence-electron chi connectivity index (χ1n) is 7.97. The SMILES string of the molecule is COc1ccccc1NC(=O)CCc1ccc(OC(C)C)c(N)c1. The number of carbonyl (C=O) groups excluding carboxylic acids is 1. The van der Waals surface area contributed by atoms with E-state index in [0.717, 1.165) is 5.56 Å². The lowest BCUT2D eigenvalue weighted by molar-refractivity contribution is -0.116. The summed E-state index contributed by atoms with van der Waals surface area (Å²) < 4.78 is 10.8. The maximum absolute atomic E-state index is 12.1. The largest absolute Gasteiger partial charge is 0.495 e. The Morgan fingerprint density at radius 1 is 1.17 bits per heavy atom. The average molecular weight is 328 g/mol. The quantitative estimate of drug-likeness (QED) is 0.761. The van der Waals surface area contributed by atoms with Crippen LogP contribution in [-0.2, 0) is 11.2 Å². The molecule has 5 nitrogen and oxygen atoms in total. The van der Waals surface area contributed by atoms with Gasteiger partial charge in [0.25, 0.3) is 0 Å². The summed E-state index contributed by atoms with van der Waals surface area (Å²) in [7, 11) is 1.58. The van der Waals surface area contributed by atoms with Gasteiger partial charge in [0, 0.05) is 6.42 Å². The van der Waals surface area contributed by atoms with Gasteiger partial charge in [-0.1, -0.05) is 18.2 Å². The monoisotopic (exact) mass is 328 g/mol. The summed E-state index contributed by atoms with van der Waals surface area (Å²) in [6.45, 7) is 3.91. The topological polar surface area (TPSA) is 73.6 Å². The number of amides is 1. The zero-order valence-electron chi connectivity index (χ0n) is 14.3. The molecule has 1 amide bonds. The molecule has 2 rings (SSSR count). The van der Waals surface area contributed by atoms with E-state index in [0.29, 0.717) is 35.7 Å². The summed E-state index contributed by atoms with van der Waals surface area (Å²) in [6, 6.07) is 13.0. The standard InChI is InChI=1S/C19H24N2O3/c1-13(2)24-17-10-8-14(12-15(17)20)9-11-19(22)21-16-6-4-5-7-18(16)23-3/h4-8,10,12-13H,9,11,20H2,1-3H3,(H,21,22). The number of methoxy groups -OCH3 is 1. The van der Waals surface area contributed by atoms with Crippen molar-refractivity contribution in [3.05, 3.63) is 48.0 Å². The zero-order valence-corrected chi connectivity index (χ0v) is 14.3. The highest BCUT2D eigenvalue weighted by molar-refractivity contribution is 5.92. The van der Waals surface area contributed by atoms with E-state index in [1.54, 1.807) is 7.11 Å². The second kappa shape index (κ2) is 8.24. The highest BCUT2D eigenvalue weighted by Crippen LogP contribution is 2.25. The van der Waals surface area contributed by atoms with Gasteiger partial charge in [-0.15, -0.1) is 0 Å². The lowest BCUT2D eigenvalue weighted by Crippen LogP contribution is -2.13. The third-order valence-electron chi connectivity index (χ3n) is 3.46. The summed E-state index contributed by atoms with van der Waals surface area (Å²) in [4.78, 5) is 12.1. The van der Waals surface area contributed by atoms with Crippen LogP contribution in [0.3, 0.4) is 0 Å². The zero-order chi connectivity index (χ0) is 17.5. The summed E-state index contributed by atoms with van der Waals surface area (Å²) in [5.74, 6) is 1.25. The molecule has 0 aromatic heterocycles. The number of nitrogens with one attached hydrogen (secondary N) is 1. The Balaban J connectivity index is 1.93. The number of ether oxygens (including phenoxy) is 2. The number of nitrogen functional groups attached to an aromatic ring is 1. The molecule has 2 aromatic rings. The third kappa shape index (κ3) is 4.91. The van der Waals surface area contributed by atoms with Crippen LogP contribution in [0.4, 0.5) is 11.4 Å². The average Bonchev–Trinajstić information content (AvgIpc) is 2.55. The maximum atomic E-state index is 12.1. The van der Waals surface area contributed by atoms with Gasteiger partial charge < -0.3 is 20.5 Å². The van der Waals surface area contributed by atoms with Gasteiger partial charge in [0.05, 0.1) is 24.6 Å². The lowest BCUT2D eigenvalue weighted by Gasteiger charge is -2.13. The van der Waals surface area contributed by atoms with Gasteiger partial charge in [0.15, 0.2) is 0 Å². The molecular weight excluding hydrogens is 304 g/mol. The molecule has 2 aromatic carbocycles. The number of hydrogen-bond donors (Lipinski definition) is 2. The molecule has 5 heteroatoms. The molecule has 0 aliphatic heterocycles. The minimum atomic E-state index is -0.0689. The van der Waals surface area contributed by atoms with Crippen molar-refractivity contribution in [3.63, 3.8) is 0 Å². The van der Waals surface area contributed by atoms with Crippen LogP contribution in [0.2, 0.25) is 0 Å². The molecule has 24 heavy (non-hydrogen) atoms.